The number of carbonyl (C=O) groups is 2. The number of benzene rings is 1. The van der Waals surface area contributed by atoms with E-state index in [0.29, 0.717) is 17.2 Å². The first kappa shape index (κ1) is 17.4. The molecule has 1 heterocycles. The molecule has 0 radical (unpaired) electrons. The van der Waals surface area contributed by atoms with Crippen LogP contribution in [0.2, 0.25) is 0 Å². The van der Waals surface area contributed by atoms with Crippen LogP contribution in [0.15, 0.2) is 24.3 Å². The van der Waals surface area contributed by atoms with Crippen LogP contribution in [-0.4, -0.2) is 29.1 Å². The number of anilines is 1. The van der Waals surface area contributed by atoms with Crippen molar-refractivity contribution in [2.45, 2.75) is 51.6 Å². The van der Waals surface area contributed by atoms with E-state index in [1.165, 1.54) is 0 Å². The monoisotopic (exact) mass is 319 g/mol. The number of hydrogen-bond donors (Lipinski definition) is 4. The van der Waals surface area contributed by atoms with Crippen LogP contribution in [0.4, 0.5) is 5.69 Å². The molecule has 0 aromatic heterocycles. The number of carbonyl (C=O) groups excluding carboxylic acids is 1. The Bertz CT molecular complexity index is 581. The molecule has 0 aliphatic carbocycles. The molecule has 4 N–H and O–H groups in total. The van der Waals surface area contributed by atoms with Crippen LogP contribution in [0.1, 0.15) is 39.7 Å². The summed E-state index contributed by atoms with van der Waals surface area (Å²) in [5, 5.41) is 12.1. The standard InChI is InChI=1S/C17H25N3O3/c1-10(2)13-9-14(20-19-13)15(21)18-12-7-5-11(6-8-12)17(3,4)16(22)23/h5-8,10,13-14,19-20H,9H2,1-4H3,(H,18,21)(H,22,23). The molecule has 0 bridgehead atoms. The minimum absolute atomic E-state index is 0.0918. The molecular formula is C17H25N3O3. The second kappa shape index (κ2) is 6.68. The first-order valence-corrected chi connectivity index (χ1v) is 7.87. The van der Waals surface area contributed by atoms with Gasteiger partial charge in [0, 0.05) is 11.7 Å². The highest BCUT2D eigenvalue weighted by atomic mass is 16.4. The fourth-order valence-electron chi connectivity index (χ4n) is 2.51. The van der Waals surface area contributed by atoms with Gasteiger partial charge in [0.2, 0.25) is 5.91 Å². The zero-order valence-corrected chi connectivity index (χ0v) is 14.0. The first-order chi connectivity index (χ1) is 10.7. The molecule has 126 valence electrons. The van der Waals surface area contributed by atoms with Crippen molar-refractivity contribution >= 4 is 17.6 Å². The quantitative estimate of drug-likeness (QED) is 0.665. The number of aliphatic carboxylic acids is 1. The minimum atomic E-state index is -0.954. The Balaban J connectivity index is 1.99. The highest BCUT2D eigenvalue weighted by Gasteiger charge is 2.31. The lowest BCUT2D eigenvalue weighted by Gasteiger charge is -2.20. The number of hydrogen-bond acceptors (Lipinski definition) is 4. The molecule has 1 fully saturated rings. The topological polar surface area (TPSA) is 90.5 Å². The van der Waals surface area contributed by atoms with E-state index >= 15 is 0 Å². The number of nitrogens with one attached hydrogen (secondary N) is 3. The van der Waals surface area contributed by atoms with E-state index in [-0.39, 0.29) is 18.0 Å². The van der Waals surface area contributed by atoms with Gasteiger partial charge >= 0.3 is 5.97 Å². The van der Waals surface area contributed by atoms with Gasteiger partial charge in [-0.3, -0.25) is 15.0 Å². The average Bonchev–Trinajstić information content (AvgIpc) is 2.97. The summed E-state index contributed by atoms with van der Waals surface area (Å²) in [5.41, 5.74) is 6.56. The normalized spacial score (nSPS) is 21.4. The van der Waals surface area contributed by atoms with E-state index in [2.05, 4.69) is 30.0 Å². The number of amides is 1. The van der Waals surface area contributed by atoms with Crippen LogP contribution in [0, 0.1) is 5.92 Å². The van der Waals surface area contributed by atoms with Gasteiger partial charge in [-0.1, -0.05) is 26.0 Å². The van der Waals surface area contributed by atoms with Crippen LogP contribution in [0.3, 0.4) is 0 Å². The molecule has 1 aliphatic heterocycles. The van der Waals surface area contributed by atoms with Gasteiger partial charge in [0.25, 0.3) is 0 Å². The van der Waals surface area contributed by atoms with Crippen LogP contribution in [0.25, 0.3) is 0 Å². The summed E-state index contributed by atoms with van der Waals surface area (Å²) in [7, 11) is 0. The summed E-state index contributed by atoms with van der Waals surface area (Å²) in [6.07, 6.45) is 0.744. The van der Waals surface area contributed by atoms with E-state index in [4.69, 9.17) is 0 Å². The molecule has 6 nitrogen and oxygen atoms in total. The fraction of sp³-hybridized carbons (Fsp3) is 0.529. The molecule has 6 heteroatoms. The van der Waals surface area contributed by atoms with Crippen molar-refractivity contribution in [1.82, 2.24) is 10.9 Å². The van der Waals surface area contributed by atoms with Crippen LogP contribution < -0.4 is 16.2 Å². The number of carboxylic acid groups (broad SMARTS) is 1. The van der Waals surface area contributed by atoms with Crippen LogP contribution in [0.5, 0.6) is 0 Å². The van der Waals surface area contributed by atoms with Crippen molar-refractivity contribution in [3.05, 3.63) is 29.8 Å². The largest absolute Gasteiger partial charge is 0.481 e. The molecule has 2 unspecified atom stereocenters. The Morgan fingerprint density at radius 3 is 2.30 bits per heavy atom. The van der Waals surface area contributed by atoms with Gasteiger partial charge in [-0.2, -0.15) is 0 Å². The molecule has 1 aromatic rings. The third kappa shape index (κ3) is 3.89. The van der Waals surface area contributed by atoms with Crippen molar-refractivity contribution in [3.8, 4) is 0 Å². The Morgan fingerprint density at radius 2 is 1.83 bits per heavy atom. The molecule has 0 spiro atoms. The Kier molecular flexibility index (Phi) is 5.06. The molecule has 1 aliphatic rings. The molecule has 0 saturated carbocycles. The van der Waals surface area contributed by atoms with Crippen molar-refractivity contribution in [1.29, 1.82) is 0 Å². The zero-order valence-electron chi connectivity index (χ0n) is 14.0. The second-order valence-electron chi connectivity index (χ2n) is 6.92. The minimum Gasteiger partial charge on any atom is -0.481 e. The molecule has 1 amide bonds. The summed E-state index contributed by atoms with van der Waals surface area (Å²) >= 11 is 0. The maximum absolute atomic E-state index is 12.3. The second-order valence-corrected chi connectivity index (χ2v) is 6.92. The SMILES string of the molecule is CC(C)C1CC(C(=O)Nc2ccc(C(C)(C)C(=O)O)cc2)NN1. The van der Waals surface area contributed by atoms with E-state index in [1.54, 1.807) is 38.1 Å². The number of hydrazine groups is 1. The third-order valence-electron chi connectivity index (χ3n) is 4.46. The third-order valence-corrected chi connectivity index (χ3v) is 4.46. The lowest BCUT2D eigenvalue weighted by Crippen LogP contribution is -2.40. The van der Waals surface area contributed by atoms with Gasteiger partial charge in [0.05, 0.1) is 5.41 Å². The van der Waals surface area contributed by atoms with Gasteiger partial charge < -0.3 is 10.4 Å². The molecule has 2 rings (SSSR count). The number of rotatable bonds is 5. The number of carboxylic acids is 1. The summed E-state index contributed by atoms with van der Waals surface area (Å²) in [4.78, 5) is 23.5. The van der Waals surface area contributed by atoms with Crippen molar-refractivity contribution in [2.75, 3.05) is 5.32 Å². The summed E-state index contributed by atoms with van der Waals surface area (Å²) in [6, 6.07) is 6.96. The first-order valence-electron chi connectivity index (χ1n) is 7.87. The summed E-state index contributed by atoms with van der Waals surface area (Å²) in [6.45, 7) is 7.54. The Morgan fingerprint density at radius 1 is 1.22 bits per heavy atom. The fourth-order valence-corrected chi connectivity index (χ4v) is 2.51. The van der Waals surface area contributed by atoms with Gasteiger partial charge in [-0.05, 0) is 43.9 Å². The van der Waals surface area contributed by atoms with Crippen LogP contribution >= 0.6 is 0 Å². The van der Waals surface area contributed by atoms with Gasteiger partial charge in [-0.25, -0.2) is 5.43 Å². The van der Waals surface area contributed by atoms with Crippen LogP contribution in [-0.2, 0) is 15.0 Å². The molecule has 23 heavy (non-hydrogen) atoms. The summed E-state index contributed by atoms with van der Waals surface area (Å²) in [5.74, 6) is -0.515. The predicted octanol–water partition coefficient (Wildman–Crippen LogP) is 1.88. The highest BCUT2D eigenvalue weighted by molar-refractivity contribution is 5.95. The van der Waals surface area contributed by atoms with Gasteiger partial charge in [0.15, 0.2) is 0 Å². The molecule has 2 atom stereocenters. The maximum atomic E-state index is 12.3. The maximum Gasteiger partial charge on any atom is 0.313 e. The highest BCUT2D eigenvalue weighted by Crippen LogP contribution is 2.25. The Hall–Kier alpha value is -1.92. The lowest BCUT2D eigenvalue weighted by atomic mass is 9.85. The zero-order chi connectivity index (χ0) is 17.2. The smallest absolute Gasteiger partial charge is 0.313 e. The Labute approximate surface area is 136 Å². The summed E-state index contributed by atoms with van der Waals surface area (Å²) < 4.78 is 0. The molecular weight excluding hydrogens is 294 g/mol. The lowest BCUT2D eigenvalue weighted by molar-refractivity contribution is -0.142. The molecule has 1 saturated heterocycles. The van der Waals surface area contributed by atoms with Gasteiger partial charge in [-0.15, -0.1) is 0 Å². The predicted molar refractivity (Wildman–Crippen MR) is 89.0 cm³/mol. The van der Waals surface area contributed by atoms with Crippen molar-refractivity contribution in [3.63, 3.8) is 0 Å². The van der Waals surface area contributed by atoms with Gasteiger partial charge in [0.1, 0.15) is 6.04 Å². The van der Waals surface area contributed by atoms with Crippen molar-refractivity contribution < 1.29 is 14.7 Å². The van der Waals surface area contributed by atoms with E-state index in [0.717, 1.165) is 6.42 Å². The van der Waals surface area contributed by atoms with Crippen molar-refractivity contribution in [2.24, 2.45) is 5.92 Å². The van der Waals surface area contributed by atoms with E-state index in [9.17, 15) is 14.7 Å². The van der Waals surface area contributed by atoms with E-state index in [1.807, 2.05) is 0 Å². The average molecular weight is 319 g/mol. The van der Waals surface area contributed by atoms with E-state index < -0.39 is 11.4 Å². The molecule has 1 aromatic carbocycles.